The van der Waals surface area contributed by atoms with E-state index in [0.717, 1.165) is 16.1 Å². The van der Waals surface area contributed by atoms with Crippen LogP contribution in [0.2, 0.25) is 5.02 Å². The van der Waals surface area contributed by atoms with E-state index in [2.05, 4.69) is 5.32 Å². The minimum atomic E-state index is -3.74. The summed E-state index contributed by atoms with van der Waals surface area (Å²) in [6.45, 7) is 5.47. The summed E-state index contributed by atoms with van der Waals surface area (Å²) in [5.41, 5.74) is 1.79. The van der Waals surface area contributed by atoms with Crippen molar-refractivity contribution in [1.29, 1.82) is 0 Å². The molecule has 0 radical (unpaired) electrons. The average molecular weight is 453 g/mol. The SMILES string of the molecule is CCOC(=O)c1cc(NC(=O)[C@@H](CC)N(c2ccc(C)cc2)S(C)(=O)=O)ccc1Cl. The van der Waals surface area contributed by atoms with E-state index in [1.807, 2.05) is 6.92 Å². The van der Waals surface area contributed by atoms with E-state index in [1.165, 1.54) is 18.2 Å². The van der Waals surface area contributed by atoms with Gasteiger partial charge in [0.2, 0.25) is 15.9 Å². The van der Waals surface area contributed by atoms with Gasteiger partial charge in [0.25, 0.3) is 0 Å². The molecule has 0 bridgehead atoms. The Kier molecular flexibility index (Phi) is 7.86. The van der Waals surface area contributed by atoms with Crippen LogP contribution in [0.5, 0.6) is 0 Å². The van der Waals surface area contributed by atoms with E-state index in [9.17, 15) is 18.0 Å². The van der Waals surface area contributed by atoms with E-state index >= 15 is 0 Å². The zero-order valence-electron chi connectivity index (χ0n) is 17.3. The fourth-order valence-electron chi connectivity index (χ4n) is 2.95. The summed E-state index contributed by atoms with van der Waals surface area (Å²) in [5.74, 6) is -1.14. The number of amides is 1. The van der Waals surface area contributed by atoms with E-state index in [-0.39, 0.29) is 23.6 Å². The van der Waals surface area contributed by atoms with Crippen molar-refractivity contribution in [3.05, 3.63) is 58.6 Å². The summed E-state index contributed by atoms with van der Waals surface area (Å²) in [7, 11) is -3.74. The number of carbonyl (C=O) groups excluding carboxylic acids is 2. The summed E-state index contributed by atoms with van der Waals surface area (Å²) in [6, 6.07) is 10.3. The predicted molar refractivity (Wildman–Crippen MR) is 119 cm³/mol. The number of hydrogen-bond acceptors (Lipinski definition) is 5. The number of hydrogen-bond donors (Lipinski definition) is 1. The lowest BCUT2D eigenvalue weighted by atomic mass is 10.1. The maximum absolute atomic E-state index is 13.0. The van der Waals surface area contributed by atoms with Gasteiger partial charge in [-0.05, 0) is 50.6 Å². The molecule has 30 heavy (non-hydrogen) atoms. The molecule has 0 saturated carbocycles. The predicted octanol–water partition coefficient (Wildman–Crippen LogP) is 4.01. The van der Waals surface area contributed by atoms with Crippen molar-refractivity contribution in [1.82, 2.24) is 0 Å². The number of nitrogens with one attached hydrogen (secondary N) is 1. The summed E-state index contributed by atoms with van der Waals surface area (Å²) >= 11 is 6.06. The molecule has 0 saturated heterocycles. The van der Waals surface area contributed by atoms with E-state index in [0.29, 0.717) is 11.4 Å². The largest absolute Gasteiger partial charge is 0.462 e. The smallest absolute Gasteiger partial charge is 0.339 e. The third-order valence-electron chi connectivity index (χ3n) is 4.35. The molecule has 0 aliphatic heterocycles. The molecule has 162 valence electrons. The highest BCUT2D eigenvalue weighted by atomic mass is 35.5. The van der Waals surface area contributed by atoms with Crippen LogP contribution in [-0.4, -0.2) is 39.2 Å². The van der Waals surface area contributed by atoms with Crippen LogP contribution < -0.4 is 9.62 Å². The number of ether oxygens (including phenoxy) is 1. The second-order valence-electron chi connectivity index (χ2n) is 6.72. The molecule has 2 rings (SSSR count). The third kappa shape index (κ3) is 5.73. The minimum absolute atomic E-state index is 0.114. The maximum atomic E-state index is 13.0. The van der Waals surface area contributed by atoms with Gasteiger partial charge >= 0.3 is 5.97 Å². The molecule has 2 aromatic carbocycles. The fourth-order valence-corrected chi connectivity index (χ4v) is 4.35. The van der Waals surface area contributed by atoms with Gasteiger partial charge in [-0.3, -0.25) is 9.10 Å². The third-order valence-corrected chi connectivity index (χ3v) is 5.86. The molecule has 0 fully saturated rings. The van der Waals surface area contributed by atoms with Crippen LogP contribution in [0, 0.1) is 6.92 Å². The van der Waals surface area contributed by atoms with Gasteiger partial charge in [-0.1, -0.05) is 36.2 Å². The first-order chi connectivity index (χ1) is 14.1. The standard InChI is InChI=1S/C21H25ClN2O5S/c1-5-19(24(30(4,27)28)16-10-7-14(3)8-11-16)20(25)23-15-9-12-18(22)17(13-15)21(26)29-6-2/h7-13,19H,5-6H2,1-4H3,(H,23,25)/t19-/m1/s1. The van der Waals surface area contributed by atoms with Gasteiger partial charge in [-0.2, -0.15) is 0 Å². The molecule has 0 aliphatic rings. The van der Waals surface area contributed by atoms with Gasteiger partial charge in [0, 0.05) is 5.69 Å². The lowest BCUT2D eigenvalue weighted by Gasteiger charge is -2.30. The fraction of sp³-hybridized carbons (Fsp3) is 0.333. The van der Waals surface area contributed by atoms with Gasteiger partial charge < -0.3 is 10.1 Å². The van der Waals surface area contributed by atoms with Gasteiger partial charge in [-0.15, -0.1) is 0 Å². The Labute approximate surface area is 182 Å². The average Bonchev–Trinajstić information content (AvgIpc) is 2.67. The zero-order valence-corrected chi connectivity index (χ0v) is 18.9. The van der Waals surface area contributed by atoms with Gasteiger partial charge in [-0.25, -0.2) is 13.2 Å². The van der Waals surface area contributed by atoms with Gasteiger partial charge in [0.15, 0.2) is 0 Å². The Morgan fingerprint density at radius 2 is 1.77 bits per heavy atom. The van der Waals surface area contributed by atoms with Crippen molar-refractivity contribution >= 4 is 44.9 Å². The number of esters is 1. The molecule has 0 spiro atoms. The molecule has 2 aromatic rings. The second kappa shape index (κ2) is 9.95. The van der Waals surface area contributed by atoms with E-state index in [4.69, 9.17) is 16.3 Å². The number of anilines is 2. The van der Waals surface area contributed by atoms with Crippen molar-refractivity contribution in [2.45, 2.75) is 33.2 Å². The molecule has 7 nitrogen and oxygen atoms in total. The molecule has 1 N–H and O–H groups in total. The number of carbonyl (C=O) groups is 2. The van der Waals surface area contributed by atoms with Crippen molar-refractivity contribution in [3.8, 4) is 0 Å². The lowest BCUT2D eigenvalue weighted by Crippen LogP contribution is -2.47. The van der Waals surface area contributed by atoms with E-state index < -0.39 is 27.9 Å². The highest BCUT2D eigenvalue weighted by Crippen LogP contribution is 2.25. The Balaban J connectivity index is 2.36. The van der Waals surface area contributed by atoms with Crippen molar-refractivity contribution in [2.24, 2.45) is 0 Å². The monoisotopic (exact) mass is 452 g/mol. The quantitative estimate of drug-likeness (QED) is 0.611. The maximum Gasteiger partial charge on any atom is 0.339 e. The van der Waals surface area contributed by atoms with Crippen molar-refractivity contribution in [3.63, 3.8) is 0 Å². The highest BCUT2D eigenvalue weighted by molar-refractivity contribution is 7.92. The van der Waals surface area contributed by atoms with Crippen LogP contribution in [0.1, 0.15) is 36.2 Å². The van der Waals surface area contributed by atoms with Crippen LogP contribution in [0.4, 0.5) is 11.4 Å². The lowest BCUT2D eigenvalue weighted by molar-refractivity contribution is -0.117. The first kappa shape index (κ1) is 23.7. The van der Waals surface area contributed by atoms with Gasteiger partial charge in [0.05, 0.1) is 29.1 Å². The number of nitrogens with zero attached hydrogens (tertiary/aromatic N) is 1. The Morgan fingerprint density at radius 3 is 2.30 bits per heavy atom. The molecule has 0 heterocycles. The summed E-state index contributed by atoms with van der Waals surface area (Å²) in [4.78, 5) is 25.0. The summed E-state index contributed by atoms with van der Waals surface area (Å²) in [5, 5.41) is 2.87. The molecular weight excluding hydrogens is 428 g/mol. The second-order valence-corrected chi connectivity index (χ2v) is 8.99. The molecule has 1 atom stereocenters. The normalized spacial score (nSPS) is 12.2. The zero-order chi connectivity index (χ0) is 22.5. The number of halogens is 1. The number of rotatable bonds is 8. The molecular formula is C21H25ClN2O5S. The summed E-state index contributed by atoms with van der Waals surface area (Å²) < 4.78 is 31.1. The van der Waals surface area contributed by atoms with E-state index in [1.54, 1.807) is 38.1 Å². The molecule has 0 aromatic heterocycles. The molecule has 1 amide bonds. The van der Waals surface area contributed by atoms with Crippen LogP contribution in [0.25, 0.3) is 0 Å². The first-order valence-corrected chi connectivity index (χ1v) is 11.6. The highest BCUT2D eigenvalue weighted by Gasteiger charge is 2.31. The molecule has 9 heteroatoms. The first-order valence-electron chi connectivity index (χ1n) is 9.42. The Hall–Kier alpha value is -2.58. The molecule has 0 unspecified atom stereocenters. The van der Waals surface area contributed by atoms with Crippen molar-refractivity contribution in [2.75, 3.05) is 22.5 Å². The number of benzene rings is 2. The van der Waals surface area contributed by atoms with Crippen LogP contribution in [-0.2, 0) is 19.6 Å². The topological polar surface area (TPSA) is 92.8 Å². The number of sulfonamides is 1. The van der Waals surface area contributed by atoms with Crippen LogP contribution in [0.15, 0.2) is 42.5 Å². The van der Waals surface area contributed by atoms with Gasteiger partial charge in [0.1, 0.15) is 6.04 Å². The number of aryl methyl sites for hydroxylation is 1. The Bertz CT molecular complexity index is 1020. The van der Waals surface area contributed by atoms with Crippen LogP contribution in [0.3, 0.4) is 0 Å². The van der Waals surface area contributed by atoms with Crippen molar-refractivity contribution < 1.29 is 22.7 Å². The summed E-state index contributed by atoms with van der Waals surface area (Å²) in [6.07, 6.45) is 1.30. The Morgan fingerprint density at radius 1 is 1.13 bits per heavy atom. The minimum Gasteiger partial charge on any atom is -0.462 e. The van der Waals surface area contributed by atoms with Crippen LogP contribution >= 0.6 is 11.6 Å². The molecule has 0 aliphatic carbocycles.